The molecular formula is C21H18Cl3N3O3. The summed E-state index contributed by atoms with van der Waals surface area (Å²) in [5.74, 6) is 0.452. The van der Waals surface area contributed by atoms with Crippen LogP contribution in [0, 0.1) is 5.92 Å². The van der Waals surface area contributed by atoms with Gasteiger partial charge in [0.15, 0.2) is 0 Å². The highest BCUT2D eigenvalue weighted by molar-refractivity contribution is 6.42. The molecule has 0 saturated carbocycles. The molecule has 6 nitrogen and oxygen atoms in total. The number of hydrogen-bond donors (Lipinski definition) is 0. The summed E-state index contributed by atoms with van der Waals surface area (Å²) in [5.41, 5.74) is 0.988. The second-order valence-corrected chi connectivity index (χ2v) is 8.42. The van der Waals surface area contributed by atoms with Gasteiger partial charge in [-0.15, -0.1) is 0 Å². The van der Waals surface area contributed by atoms with E-state index in [4.69, 9.17) is 44.1 Å². The van der Waals surface area contributed by atoms with E-state index in [1.54, 1.807) is 29.2 Å². The molecule has 0 unspecified atom stereocenters. The number of benzene rings is 1. The highest BCUT2D eigenvalue weighted by atomic mass is 35.5. The molecule has 1 amide bonds. The quantitative estimate of drug-likeness (QED) is 0.507. The lowest BCUT2D eigenvalue weighted by Crippen LogP contribution is -2.32. The lowest BCUT2D eigenvalue weighted by Gasteiger charge is -2.25. The fourth-order valence-corrected chi connectivity index (χ4v) is 4.18. The highest BCUT2D eigenvalue weighted by Gasteiger charge is 2.41. The maximum absolute atomic E-state index is 12.8. The van der Waals surface area contributed by atoms with E-state index in [-0.39, 0.29) is 29.6 Å². The van der Waals surface area contributed by atoms with Gasteiger partial charge in [0.1, 0.15) is 6.10 Å². The van der Waals surface area contributed by atoms with Gasteiger partial charge in [-0.3, -0.25) is 4.79 Å². The molecule has 4 rings (SSSR count). The van der Waals surface area contributed by atoms with Crippen LogP contribution in [0.3, 0.4) is 0 Å². The molecule has 0 aliphatic carbocycles. The molecule has 1 aliphatic rings. The van der Waals surface area contributed by atoms with Crippen molar-refractivity contribution in [3.8, 4) is 5.88 Å². The average molecular weight is 467 g/mol. The number of pyridine rings is 1. The van der Waals surface area contributed by atoms with Crippen molar-refractivity contribution in [2.45, 2.75) is 18.9 Å². The van der Waals surface area contributed by atoms with Crippen molar-refractivity contribution in [2.75, 3.05) is 13.1 Å². The summed E-state index contributed by atoms with van der Waals surface area (Å²) in [7, 11) is 0. The SMILES string of the molecule is C[C@H](Oc1ccc(Cl)cn1)[C@@H]1CN(C(=O)c2ccno2)C[C@@H]1c1ccc(Cl)c(Cl)c1. The minimum Gasteiger partial charge on any atom is -0.474 e. The number of hydrogen-bond acceptors (Lipinski definition) is 5. The van der Waals surface area contributed by atoms with Crippen molar-refractivity contribution in [3.05, 3.63) is 75.2 Å². The molecule has 156 valence electrons. The standard InChI is InChI=1S/C21H18Cl3N3O3/c1-12(29-20-5-3-14(22)9-25-20)15-10-27(21(28)19-6-7-26-30-19)11-16(15)13-2-4-17(23)18(24)8-13/h2-9,12,15-16H,10-11H2,1H3/t12-,15-,16+/m0/s1. The predicted molar refractivity (Wildman–Crippen MR) is 114 cm³/mol. The monoisotopic (exact) mass is 465 g/mol. The van der Waals surface area contributed by atoms with Crippen molar-refractivity contribution >= 4 is 40.7 Å². The number of aromatic nitrogens is 2. The number of halogens is 3. The van der Waals surface area contributed by atoms with Crippen LogP contribution in [0.5, 0.6) is 5.88 Å². The number of amides is 1. The minimum atomic E-state index is -0.231. The Kier molecular flexibility index (Phi) is 6.18. The molecule has 0 bridgehead atoms. The Labute approximate surface area is 188 Å². The maximum atomic E-state index is 12.8. The summed E-state index contributed by atoms with van der Waals surface area (Å²) < 4.78 is 11.1. The minimum absolute atomic E-state index is 0.00561. The third-order valence-corrected chi connectivity index (χ3v) is 6.25. The van der Waals surface area contributed by atoms with E-state index in [1.165, 1.54) is 12.4 Å². The number of rotatable bonds is 5. The fourth-order valence-electron chi connectivity index (χ4n) is 3.76. The van der Waals surface area contributed by atoms with E-state index in [1.807, 2.05) is 19.1 Å². The second-order valence-electron chi connectivity index (χ2n) is 7.17. The third kappa shape index (κ3) is 4.41. The van der Waals surface area contributed by atoms with Crippen LogP contribution in [-0.2, 0) is 0 Å². The summed E-state index contributed by atoms with van der Waals surface area (Å²) in [6.45, 7) is 2.94. The van der Waals surface area contributed by atoms with E-state index in [2.05, 4.69) is 10.1 Å². The maximum Gasteiger partial charge on any atom is 0.292 e. The Morgan fingerprint density at radius 2 is 2.00 bits per heavy atom. The van der Waals surface area contributed by atoms with Gasteiger partial charge in [0.25, 0.3) is 5.91 Å². The zero-order chi connectivity index (χ0) is 21.3. The van der Waals surface area contributed by atoms with Gasteiger partial charge in [-0.05, 0) is 30.7 Å². The normalized spacial score (nSPS) is 19.7. The van der Waals surface area contributed by atoms with E-state index < -0.39 is 0 Å². The molecule has 3 atom stereocenters. The first-order chi connectivity index (χ1) is 14.4. The van der Waals surface area contributed by atoms with Crippen molar-refractivity contribution < 1.29 is 14.1 Å². The highest BCUT2D eigenvalue weighted by Crippen LogP contribution is 2.38. The molecule has 0 N–H and O–H groups in total. The summed E-state index contributed by atoms with van der Waals surface area (Å²) in [6, 6.07) is 10.5. The van der Waals surface area contributed by atoms with Crippen LogP contribution in [-0.4, -0.2) is 40.1 Å². The lowest BCUT2D eigenvalue weighted by molar-refractivity contribution is 0.0729. The van der Waals surface area contributed by atoms with Crippen molar-refractivity contribution in [1.29, 1.82) is 0 Å². The zero-order valence-corrected chi connectivity index (χ0v) is 18.2. The van der Waals surface area contributed by atoms with Crippen LogP contribution < -0.4 is 4.74 Å². The number of likely N-dealkylation sites (tertiary alicyclic amines) is 1. The van der Waals surface area contributed by atoms with Gasteiger partial charge in [0, 0.05) is 43.3 Å². The summed E-state index contributed by atoms with van der Waals surface area (Å²) in [4.78, 5) is 18.8. The number of carbonyl (C=O) groups excluding carboxylic acids is 1. The summed E-state index contributed by atoms with van der Waals surface area (Å²) in [6.07, 6.45) is 2.76. The van der Waals surface area contributed by atoms with E-state index >= 15 is 0 Å². The second kappa shape index (κ2) is 8.84. The van der Waals surface area contributed by atoms with Gasteiger partial charge in [-0.1, -0.05) is 46.0 Å². The molecule has 0 spiro atoms. The molecule has 0 radical (unpaired) electrons. The van der Waals surface area contributed by atoms with Gasteiger partial charge in [0.2, 0.25) is 11.6 Å². The fraction of sp³-hybridized carbons (Fsp3) is 0.286. The Morgan fingerprint density at radius 1 is 1.17 bits per heavy atom. The largest absolute Gasteiger partial charge is 0.474 e. The van der Waals surface area contributed by atoms with Crippen LogP contribution in [0.1, 0.15) is 29.0 Å². The summed E-state index contributed by atoms with van der Waals surface area (Å²) in [5, 5.41) is 5.13. The van der Waals surface area contributed by atoms with Gasteiger partial charge in [-0.2, -0.15) is 0 Å². The molecule has 3 heterocycles. The number of carbonyl (C=O) groups is 1. The molecule has 1 saturated heterocycles. The smallest absolute Gasteiger partial charge is 0.292 e. The number of nitrogens with zero attached hydrogens (tertiary/aromatic N) is 3. The van der Waals surface area contributed by atoms with E-state index in [9.17, 15) is 4.79 Å². The van der Waals surface area contributed by atoms with Crippen molar-refractivity contribution in [1.82, 2.24) is 15.0 Å². The van der Waals surface area contributed by atoms with Crippen LogP contribution in [0.15, 0.2) is 53.3 Å². The topological polar surface area (TPSA) is 68.5 Å². The summed E-state index contributed by atoms with van der Waals surface area (Å²) >= 11 is 18.3. The molecule has 1 fully saturated rings. The Hall–Kier alpha value is -2.28. The Morgan fingerprint density at radius 3 is 2.67 bits per heavy atom. The molecule has 9 heteroatoms. The Balaban J connectivity index is 1.60. The third-order valence-electron chi connectivity index (χ3n) is 5.28. The van der Waals surface area contributed by atoms with Crippen LogP contribution in [0.2, 0.25) is 15.1 Å². The van der Waals surface area contributed by atoms with Gasteiger partial charge >= 0.3 is 0 Å². The molecule has 3 aromatic rings. The van der Waals surface area contributed by atoms with E-state index in [0.29, 0.717) is 34.0 Å². The van der Waals surface area contributed by atoms with Crippen molar-refractivity contribution in [2.24, 2.45) is 5.92 Å². The van der Waals surface area contributed by atoms with Gasteiger partial charge in [-0.25, -0.2) is 4.98 Å². The lowest BCUT2D eigenvalue weighted by atomic mass is 9.86. The average Bonchev–Trinajstić information content (AvgIpc) is 3.41. The van der Waals surface area contributed by atoms with Crippen LogP contribution in [0.4, 0.5) is 0 Å². The molecule has 30 heavy (non-hydrogen) atoms. The predicted octanol–water partition coefficient (Wildman–Crippen LogP) is 5.35. The van der Waals surface area contributed by atoms with E-state index in [0.717, 1.165) is 5.56 Å². The molecular weight excluding hydrogens is 449 g/mol. The van der Waals surface area contributed by atoms with Gasteiger partial charge < -0.3 is 14.2 Å². The zero-order valence-electron chi connectivity index (χ0n) is 16.0. The first-order valence-corrected chi connectivity index (χ1v) is 10.5. The van der Waals surface area contributed by atoms with Gasteiger partial charge in [0.05, 0.1) is 21.3 Å². The molecule has 2 aromatic heterocycles. The number of ether oxygens (including phenoxy) is 1. The van der Waals surface area contributed by atoms with Crippen molar-refractivity contribution in [3.63, 3.8) is 0 Å². The first-order valence-electron chi connectivity index (χ1n) is 9.35. The molecule has 1 aromatic carbocycles. The van der Waals surface area contributed by atoms with Crippen LogP contribution in [0.25, 0.3) is 0 Å². The Bertz CT molecular complexity index is 1030. The van der Waals surface area contributed by atoms with Crippen LogP contribution >= 0.6 is 34.8 Å². The molecule has 1 aliphatic heterocycles. The first kappa shape index (κ1) is 21.0.